The molecule has 0 aliphatic rings. The molecular formula is C26H26N4O. The van der Waals surface area contributed by atoms with Crippen LogP contribution in [0.25, 0.3) is 22.3 Å². The van der Waals surface area contributed by atoms with E-state index < -0.39 is 0 Å². The van der Waals surface area contributed by atoms with E-state index in [0.29, 0.717) is 24.3 Å². The van der Waals surface area contributed by atoms with Crippen LogP contribution in [0.15, 0.2) is 79.4 Å². The summed E-state index contributed by atoms with van der Waals surface area (Å²) in [5.74, 6) is -0.0310. The van der Waals surface area contributed by atoms with Gasteiger partial charge in [0.05, 0.1) is 22.3 Å². The lowest BCUT2D eigenvalue weighted by Crippen LogP contribution is -2.33. The van der Waals surface area contributed by atoms with Crippen LogP contribution in [0.4, 0.5) is 0 Å². The highest BCUT2D eigenvalue weighted by atomic mass is 16.2. The number of pyridine rings is 1. The number of fused-ring (bicyclic) bond motifs is 1. The Morgan fingerprint density at radius 3 is 2.45 bits per heavy atom. The highest BCUT2D eigenvalue weighted by Gasteiger charge is 2.23. The fraction of sp³-hybridized carbons (Fsp3) is 0.192. The average Bonchev–Trinajstić information content (AvgIpc) is 3.10. The Morgan fingerprint density at radius 1 is 1.10 bits per heavy atom. The van der Waals surface area contributed by atoms with Crippen LogP contribution < -0.4 is 0 Å². The lowest BCUT2D eigenvalue weighted by molar-refractivity contribution is 0.0777. The SMILES string of the molecule is C=CCN(CCc1ccccc1)C(=O)c1cc(-c2ccccc2)nc2c1c(C)nn2C. The molecule has 0 aliphatic heterocycles. The summed E-state index contributed by atoms with van der Waals surface area (Å²) in [7, 11) is 1.86. The van der Waals surface area contributed by atoms with Gasteiger partial charge in [0.15, 0.2) is 5.65 Å². The maximum Gasteiger partial charge on any atom is 0.255 e. The minimum absolute atomic E-state index is 0.0310. The van der Waals surface area contributed by atoms with Crippen molar-refractivity contribution in [3.8, 4) is 11.3 Å². The number of rotatable bonds is 7. The van der Waals surface area contributed by atoms with Crippen LogP contribution in [0.1, 0.15) is 21.6 Å². The lowest BCUT2D eigenvalue weighted by Gasteiger charge is -2.22. The third-order valence-electron chi connectivity index (χ3n) is 5.42. The van der Waals surface area contributed by atoms with Gasteiger partial charge in [-0.15, -0.1) is 6.58 Å². The fourth-order valence-electron chi connectivity index (χ4n) is 3.88. The molecule has 0 fully saturated rings. The van der Waals surface area contributed by atoms with Crippen LogP contribution in [-0.2, 0) is 13.5 Å². The Morgan fingerprint density at radius 2 is 1.77 bits per heavy atom. The molecule has 2 aromatic carbocycles. The second-order valence-corrected chi connectivity index (χ2v) is 7.60. The van der Waals surface area contributed by atoms with Crippen LogP contribution in [0.5, 0.6) is 0 Å². The quantitative estimate of drug-likeness (QED) is 0.411. The summed E-state index contributed by atoms with van der Waals surface area (Å²) in [6, 6.07) is 22.0. The maximum absolute atomic E-state index is 13.7. The van der Waals surface area contributed by atoms with Crippen molar-refractivity contribution < 1.29 is 4.79 Å². The molecule has 31 heavy (non-hydrogen) atoms. The smallest absolute Gasteiger partial charge is 0.255 e. The fourth-order valence-corrected chi connectivity index (χ4v) is 3.88. The molecule has 156 valence electrons. The zero-order chi connectivity index (χ0) is 21.8. The van der Waals surface area contributed by atoms with Crippen molar-refractivity contribution in [3.05, 3.63) is 96.2 Å². The first-order valence-electron chi connectivity index (χ1n) is 10.4. The van der Waals surface area contributed by atoms with E-state index in [4.69, 9.17) is 4.98 Å². The van der Waals surface area contributed by atoms with Gasteiger partial charge in [-0.25, -0.2) is 4.98 Å². The van der Waals surface area contributed by atoms with Gasteiger partial charge in [0.1, 0.15) is 0 Å². The van der Waals surface area contributed by atoms with Gasteiger partial charge in [-0.3, -0.25) is 9.48 Å². The first-order valence-corrected chi connectivity index (χ1v) is 10.4. The van der Waals surface area contributed by atoms with Crippen molar-refractivity contribution in [1.82, 2.24) is 19.7 Å². The number of benzene rings is 2. The van der Waals surface area contributed by atoms with Crippen molar-refractivity contribution in [2.45, 2.75) is 13.3 Å². The molecule has 0 atom stereocenters. The van der Waals surface area contributed by atoms with E-state index in [1.54, 1.807) is 10.8 Å². The summed E-state index contributed by atoms with van der Waals surface area (Å²) in [4.78, 5) is 20.4. The predicted octanol–water partition coefficient (Wildman–Crippen LogP) is 4.81. The number of carbonyl (C=O) groups excluding carboxylic acids is 1. The van der Waals surface area contributed by atoms with Crippen LogP contribution in [-0.4, -0.2) is 38.7 Å². The molecule has 0 saturated carbocycles. The average molecular weight is 411 g/mol. The van der Waals surface area contributed by atoms with Crippen molar-refractivity contribution in [2.75, 3.05) is 13.1 Å². The van der Waals surface area contributed by atoms with Crippen LogP contribution in [0, 0.1) is 6.92 Å². The van der Waals surface area contributed by atoms with E-state index in [-0.39, 0.29) is 5.91 Å². The van der Waals surface area contributed by atoms with Gasteiger partial charge in [0.25, 0.3) is 5.91 Å². The van der Waals surface area contributed by atoms with Gasteiger partial charge >= 0.3 is 0 Å². The number of hydrogen-bond acceptors (Lipinski definition) is 3. The third-order valence-corrected chi connectivity index (χ3v) is 5.42. The van der Waals surface area contributed by atoms with Gasteiger partial charge in [-0.2, -0.15) is 5.10 Å². The zero-order valence-electron chi connectivity index (χ0n) is 18.0. The highest BCUT2D eigenvalue weighted by molar-refractivity contribution is 6.07. The van der Waals surface area contributed by atoms with Crippen LogP contribution >= 0.6 is 0 Å². The number of hydrogen-bond donors (Lipinski definition) is 0. The molecule has 0 spiro atoms. The summed E-state index contributed by atoms with van der Waals surface area (Å²) < 4.78 is 1.75. The Kier molecular flexibility index (Phi) is 5.94. The van der Waals surface area contributed by atoms with E-state index in [0.717, 1.165) is 28.8 Å². The first-order chi connectivity index (χ1) is 15.1. The van der Waals surface area contributed by atoms with Gasteiger partial charge in [-0.05, 0) is 25.0 Å². The number of aromatic nitrogens is 3. The summed E-state index contributed by atoms with van der Waals surface area (Å²) in [6.07, 6.45) is 2.56. The number of aryl methyl sites for hydroxylation is 2. The minimum Gasteiger partial charge on any atom is -0.335 e. The minimum atomic E-state index is -0.0310. The number of amides is 1. The monoisotopic (exact) mass is 410 g/mol. The van der Waals surface area contributed by atoms with E-state index in [1.807, 2.05) is 73.5 Å². The molecule has 0 aliphatic carbocycles. The van der Waals surface area contributed by atoms with Gasteiger partial charge < -0.3 is 4.90 Å². The molecule has 0 N–H and O–H groups in total. The molecule has 0 radical (unpaired) electrons. The summed E-state index contributed by atoms with van der Waals surface area (Å²) in [6.45, 7) is 6.87. The topological polar surface area (TPSA) is 51.0 Å². The van der Waals surface area contributed by atoms with Gasteiger partial charge in [0, 0.05) is 25.7 Å². The Bertz CT molecular complexity index is 1210. The largest absolute Gasteiger partial charge is 0.335 e. The molecule has 5 heteroatoms. The molecular weight excluding hydrogens is 384 g/mol. The Hall–Kier alpha value is -3.73. The molecule has 5 nitrogen and oxygen atoms in total. The molecule has 0 unspecified atom stereocenters. The maximum atomic E-state index is 13.7. The molecule has 0 saturated heterocycles. The summed E-state index contributed by atoms with van der Waals surface area (Å²) >= 11 is 0. The molecule has 1 amide bonds. The second kappa shape index (κ2) is 8.96. The molecule has 4 aromatic rings. The van der Waals surface area contributed by atoms with Gasteiger partial charge in [0.2, 0.25) is 0 Å². The summed E-state index contributed by atoms with van der Waals surface area (Å²) in [5.41, 5.74) is 5.08. The zero-order valence-corrected chi connectivity index (χ0v) is 18.0. The van der Waals surface area contributed by atoms with E-state index in [9.17, 15) is 4.79 Å². The van der Waals surface area contributed by atoms with Gasteiger partial charge in [-0.1, -0.05) is 66.7 Å². The standard InChI is InChI=1S/C26H26N4O/c1-4-16-30(17-15-20-11-7-5-8-12-20)26(31)22-18-23(21-13-9-6-10-14-21)27-25-24(22)19(2)28-29(25)3/h4-14,18H,1,15-17H2,2-3H3. The normalized spacial score (nSPS) is 10.9. The molecule has 2 aromatic heterocycles. The lowest BCUT2D eigenvalue weighted by atomic mass is 10.0. The molecule has 0 bridgehead atoms. The number of carbonyl (C=O) groups is 1. The Labute approximate surface area is 182 Å². The Balaban J connectivity index is 1.76. The second-order valence-electron chi connectivity index (χ2n) is 7.60. The molecule has 4 rings (SSSR count). The highest BCUT2D eigenvalue weighted by Crippen LogP contribution is 2.28. The van der Waals surface area contributed by atoms with Crippen molar-refractivity contribution in [3.63, 3.8) is 0 Å². The van der Waals surface area contributed by atoms with E-state index in [1.165, 1.54) is 5.56 Å². The van der Waals surface area contributed by atoms with Crippen LogP contribution in [0.3, 0.4) is 0 Å². The van der Waals surface area contributed by atoms with E-state index in [2.05, 4.69) is 23.8 Å². The molecule has 2 heterocycles. The van der Waals surface area contributed by atoms with E-state index >= 15 is 0 Å². The van der Waals surface area contributed by atoms with Crippen molar-refractivity contribution >= 4 is 16.9 Å². The summed E-state index contributed by atoms with van der Waals surface area (Å²) in [5, 5.41) is 5.34. The number of nitrogens with zero attached hydrogens (tertiary/aromatic N) is 4. The first kappa shape index (κ1) is 20.5. The van der Waals surface area contributed by atoms with Crippen LogP contribution in [0.2, 0.25) is 0 Å². The predicted molar refractivity (Wildman–Crippen MR) is 125 cm³/mol. The third kappa shape index (κ3) is 4.26. The van der Waals surface area contributed by atoms with Crippen molar-refractivity contribution in [2.24, 2.45) is 7.05 Å². The van der Waals surface area contributed by atoms with Crippen molar-refractivity contribution in [1.29, 1.82) is 0 Å².